The van der Waals surface area contributed by atoms with Gasteiger partial charge in [-0.2, -0.15) is 5.10 Å². The molecule has 25 heavy (non-hydrogen) atoms. The summed E-state index contributed by atoms with van der Waals surface area (Å²) in [4.78, 5) is 2.47. The Morgan fingerprint density at radius 3 is 2.64 bits per heavy atom. The van der Waals surface area contributed by atoms with E-state index in [1.165, 1.54) is 29.7 Å². The lowest BCUT2D eigenvalue weighted by atomic mass is 9.95. The Labute approximate surface area is 149 Å². The first-order valence-corrected chi connectivity index (χ1v) is 9.15. The highest BCUT2D eigenvalue weighted by atomic mass is 16.5. The fourth-order valence-corrected chi connectivity index (χ4v) is 3.74. The first kappa shape index (κ1) is 16.6. The van der Waals surface area contributed by atoms with E-state index in [1.807, 2.05) is 12.1 Å². The van der Waals surface area contributed by atoms with Crippen LogP contribution in [0.3, 0.4) is 0 Å². The van der Waals surface area contributed by atoms with Crippen LogP contribution in [-0.4, -0.2) is 42.1 Å². The summed E-state index contributed by atoms with van der Waals surface area (Å²) in [5.41, 5.74) is 3.91. The summed E-state index contributed by atoms with van der Waals surface area (Å²) in [6, 6.07) is 8.35. The van der Waals surface area contributed by atoms with Crippen LogP contribution in [0.2, 0.25) is 0 Å². The van der Waals surface area contributed by atoms with Crippen molar-refractivity contribution in [3.8, 4) is 5.75 Å². The minimum atomic E-state index is 0.403. The summed E-state index contributed by atoms with van der Waals surface area (Å²) in [6.07, 6.45) is 4.98. The van der Waals surface area contributed by atoms with Crippen LogP contribution in [0.4, 0.5) is 0 Å². The van der Waals surface area contributed by atoms with E-state index in [-0.39, 0.29) is 0 Å². The molecule has 1 aromatic heterocycles. The van der Waals surface area contributed by atoms with Crippen LogP contribution in [0.25, 0.3) is 0 Å². The Morgan fingerprint density at radius 1 is 1.16 bits per heavy atom. The first-order valence-electron chi connectivity index (χ1n) is 9.15. The molecule has 0 radical (unpaired) electrons. The zero-order valence-corrected chi connectivity index (χ0v) is 15.1. The van der Waals surface area contributed by atoms with Crippen molar-refractivity contribution in [2.45, 2.75) is 38.4 Å². The molecule has 1 aliphatic carbocycles. The van der Waals surface area contributed by atoms with Crippen LogP contribution in [0.5, 0.6) is 5.75 Å². The molecular formula is C20H27N3O2. The van der Waals surface area contributed by atoms with E-state index in [1.54, 1.807) is 14.2 Å². The lowest BCUT2D eigenvalue weighted by Gasteiger charge is -2.31. The van der Waals surface area contributed by atoms with Crippen LogP contribution in [0.15, 0.2) is 30.5 Å². The van der Waals surface area contributed by atoms with Gasteiger partial charge in [-0.1, -0.05) is 12.1 Å². The minimum absolute atomic E-state index is 0.403. The molecule has 0 spiro atoms. The van der Waals surface area contributed by atoms with Crippen LogP contribution in [0, 0.1) is 5.92 Å². The van der Waals surface area contributed by atoms with Gasteiger partial charge in [-0.05, 0) is 36.5 Å². The van der Waals surface area contributed by atoms with Gasteiger partial charge in [0.25, 0.3) is 0 Å². The second-order valence-corrected chi connectivity index (χ2v) is 7.37. The standard InChI is InChI=1S/C20H27N3O2/c1-24-14-17-11-22(9-15-5-7-18(25-2)8-6-15)13-20-19(17)12-23(21-20)10-16-3-4-16/h5-8,12,16-17H,3-4,9-11,13-14H2,1-2H3/t17-/m1/s1. The maximum absolute atomic E-state index is 5.49. The number of rotatable bonds is 7. The zero-order valence-electron chi connectivity index (χ0n) is 15.1. The lowest BCUT2D eigenvalue weighted by Crippen LogP contribution is -2.34. The van der Waals surface area contributed by atoms with Crippen LogP contribution in [-0.2, 0) is 24.4 Å². The molecule has 0 amide bonds. The van der Waals surface area contributed by atoms with Crippen molar-refractivity contribution in [1.82, 2.24) is 14.7 Å². The predicted molar refractivity (Wildman–Crippen MR) is 96.7 cm³/mol. The summed E-state index contributed by atoms with van der Waals surface area (Å²) >= 11 is 0. The van der Waals surface area contributed by atoms with Crippen molar-refractivity contribution in [2.75, 3.05) is 27.4 Å². The fourth-order valence-electron chi connectivity index (χ4n) is 3.74. The van der Waals surface area contributed by atoms with Crippen molar-refractivity contribution in [3.63, 3.8) is 0 Å². The number of aromatic nitrogens is 2. The summed E-state index contributed by atoms with van der Waals surface area (Å²) in [5.74, 6) is 2.15. The number of hydrogen-bond donors (Lipinski definition) is 0. The van der Waals surface area contributed by atoms with E-state index >= 15 is 0 Å². The number of fused-ring (bicyclic) bond motifs is 1. The van der Waals surface area contributed by atoms with Gasteiger partial charge in [0.1, 0.15) is 5.75 Å². The Balaban J connectivity index is 1.49. The average Bonchev–Trinajstić information content (AvgIpc) is 3.33. The van der Waals surface area contributed by atoms with Gasteiger partial charge in [0.2, 0.25) is 0 Å². The summed E-state index contributed by atoms with van der Waals surface area (Å²) < 4.78 is 12.9. The summed E-state index contributed by atoms with van der Waals surface area (Å²) in [5, 5.41) is 4.88. The van der Waals surface area contributed by atoms with Gasteiger partial charge in [0.15, 0.2) is 0 Å². The lowest BCUT2D eigenvalue weighted by molar-refractivity contribution is 0.135. The smallest absolute Gasteiger partial charge is 0.118 e. The highest BCUT2D eigenvalue weighted by Gasteiger charge is 2.29. The molecule has 2 aromatic rings. The Morgan fingerprint density at radius 2 is 1.96 bits per heavy atom. The zero-order chi connectivity index (χ0) is 17.2. The van der Waals surface area contributed by atoms with Crippen molar-refractivity contribution in [3.05, 3.63) is 47.3 Å². The molecule has 2 aliphatic rings. The topological polar surface area (TPSA) is 39.5 Å². The third-order valence-electron chi connectivity index (χ3n) is 5.24. The molecule has 5 heteroatoms. The van der Waals surface area contributed by atoms with E-state index in [0.717, 1.165) is 44.5 Å². The summed E-state index contributed by atoms with van der Waals surface area (Å²) in [7, 11) is 3.49. The van der Waals surface area contributed by atoms with E-state index < -0.39 is 0 Å². The van der Waals surface area contributed by atoms with Gasteiger partial charge in [-0.3, -0.25) is 9.58 Å². The molecule has 2 heterocycles. The molecule has 5 nitrogen and oxygen atoms in total. The molecule has 0 saturated heterocycles. The van der Waals surface area contributed by atoms with Gasteiger partial charge in [0.05, 0.1) is 19.4 Å². The molecule has 0 unspecified atom stereocenters. The Kier molecular flexibility index (Phi) is 4.77. The minimum Gasteiger partial charge on any atom is -0.497 e. The van der Waals surface area contributed by atoms with Crippen molar-refractivity contribution in [1.29, 1.82) is 0 Å². The molecule has 4 rings (SSSR count). The fraction of sp³-hybridized carbons (Fsp3) is 0.550. The van der Waals surface area contributed by atoms with Crippen LogP contribution >= 0.6 is 0 Å². The van der Waals surface area contributed by atoms with Gasteiger partial charge in [-0.15, -0.1) is 0 Å². The SMILES string of the molecule is COC[C@H]1CN(Cc2ccc(OC)cc2)Cc2nn(CC3CC3)cc21. The van der Waals surface area contributed by atoms with E-state index in [9.17, 15) is 0 Å². The van der Waals surface area contributed by atoms with Gasteiger partial charge < -0.3 is 9.47 Å². The monoisotopic (exact) mass is 341 g/mol. The third kappa shape index (κ3) is 3.88. The van der Waals surface area contributed by atoms with E-state index in [2.05, 4.69) is 27.9 Å². The van der Waals surface area contributed by atoms with Gasteiger partial charge >= 0.3 is 0 Å². The Bertz CT molecular complexity index is 706. The van der Waals surface area contributed by atoms with Crippen molar-refractivity contribution < 1.29 is 9.47 Å². The van der Waals surface area contributed by atoms with Gasteiger partial charge in [-0.25, -0.2) is 0 Å². The maximum Gasteiger partial charge on any atom is 0.118 e. The molecular weight excluding hydrogens is 314 g/mol. The molecule has 1 fully saturated rings. The maximum atomic E-state index is 5.49. The van der Waals surface area contributed by atoms with Crippen LogP contribution in [0.1, 0.15) is 35.6 Å². The second kappa shape index (κ2) is 7.18. The average molecular weight is 341 g/mol. The molecule has 1 aromatic carbocycles. The van der Waals surface area contributed by atoms with E-state index in [0.29, 0.717) is 5.92 Å². The van der Waals surface area contributed by atoms with Crippen molar-refractivity contribution >= 4 is 0 Å². The number of benzene rings is 1. The number of methoxy groups -OCH3 is 2. The van der Waals surface area contributed by atoms with Gasteiger partial charge in [0, 0.05) is 51.0 Å². The molecule has 1 saturated carbocycles. The number of nitrogens with zero attached hydrogens (tertiary/aromatic N) is 3. The molecule has 1 aliphatic heterocycles. The first-order chi connectivity index (χ1) is 12.2. The summed E-state index contributed by atoms with van der Waals surface area (Å²) in [6.45, 7) is 4.69. The molecule has 1 atom stereocenters. The van der Waals surface area contributed by atoms with Crippen LogP contribution < -0.4 is 4.74 Å². The largest absolute Gasteiger partial charge is 0.497 e. The number of ether oxygens (including phenoxy) is 2. The Hall–Kier alpha value is -1.85. The van der Waals surface area contributed by atoms with Crippen molar-refractivity contribution in [2.24, 2.45) is 5.92 Å². The number of hydrogen-bond acceptors (Lipinski definition) is 4. The molecule has 0 bridgehead atoms. The highest BCUT2D eigenvalue weighted by Crippen LogP contribution is 2.33. The predicted octanol–water partition coefficient (Wildman–Crippen LogP) is 3.05. The third-order valence-corrected chi connectivity index (χ3v) is 5.24. The second-order valence-electron chi connectivity index (χ2n) is 7.37. The highest BCUT2D eigenvalue weighted by molar-refractivity contribution is 5.29. The quantitative estimate of drug-likeness (QED) is 0.776. The van der Waals surface area contributed by atoms with E-state index in [4.69, 9.17) is 14.6 Å². The molecule has 134 valence electrons. The normalized spacial score (nSPS) is 20.5. The molecule has 0 N–H and O–H groups in total.